The van der Waals surface area contributed by atoms with Crippen LogP contribution in [0.25, 0.3) is 0 Å². The van der Waals surface area contributed by atoms with E-state index in [9.17, 15) is 19.2 Å². The van der Waals surface area contributed by atoms with E-state index in [1.165, 1.54) is 22.3 Å². The molecule has 1 aromatic heterocycles. The molecule has 2 rings (SSSR count). The molecule has 1 heterocycles. The summed E-state index contributed by atoms with van der Waals surface area (Å²) in [5.74, 6) is -2.03. The van der Waals surface area contributed by atoms with Crippen LogP contribution in [0.15, 0.2) is 48.4 Å². The van der Waals surface area contributed by atoms with Gasteiger partial charge in [0.15, 0.2) is 6.10 Å². The average Bonchev–Trinajstić information content (AvgIpc) is 3.47. The minimum Gasteiger partial charge on any atom is -0.461 e. The summed E-state index contributed by atoms with van der Waals surface area (Å²) in [7, 11) is 1.67. The van der Waals surface area contributed by atoms with Crippen molar-refractivity contribution in [2.24, 2.45) is 17.8 Å². The molecular formula is C35H51N3O7S. The second-order valence-corrected chi connectivity index (χ2v) is 14.1. The molecule has 10 nitrogen and oxygen atoms in total. The topological polar surface area (TPSA) is 124 Å². The van der Waals surface area contributed by atoms with Crippen LogP contribution in [-0.2, 0) is 30.2 Å². The zero-order valence-corrected chi connectivity index (χ0v) is 29.5. The number of hydrogen-bond acceptors (Lipinski definition) is 9. The maximum Gasteiger partial charge on any atom is 0.410 e. The van der Waals surface area contributed by atoms with Crippen LogP contribution in [0.4, 0.5) is 4.79 Å². The van der Waals surface area contributed by atoms with Crippen LogP contribution in [0.3, 0.4) is 0 Å². The summed E-state index contributed by atoms with van der Waals surface area (Å²) in [6, 6.07) is 8.97. The molecule has 4 atom stereocenters. The highest BCUT2D eigenvalue weighted by Gasteiger charge is 2.33. The predicted octanol–water partition coefficient (Wildman–Crippen LogP) is 6.76. The van der Waals surface area contributed by atoms with E-state index in [1.54, 1.807) is 54.0 Å². The molecule has 0 aliphatic carbocycles. The van der Waals surface area contributed by atoms with Crippen LogP contribution >= 0.6 is 11.3 Å². The first-order valence-corrected chi connectivity index (χ1v) is 16.6. The van der Waals surface area contributed by atoms with E-state index in [2.05, 4.69) is 16.9 Å². The molecule has 0 aliphatic rings. The summed E-state index contributed by atoms with van der Waals surface area (Å²) in [4.78, 5) is 57.9. The van der Waals surface area contributed by atoms with Crippen molar-refractivity contribution in [2.45, 2.75) is 98.4 Å². The molecule has 1 N–H and O–H groups in total. The fraction of sp³-hybridized carbons (Fsp3) is 0.571. The molecule has 0 fully saturated rings. The minimum absolute atomic E-state index is 0.000550. The molecule has 254 valence electrons. The summed E-state index contributed by atoms with van der Waals surface area (Å²) in [6.45, 7) is 18.3. The fourth-order valence-corrected chi connectivity index (χ4v) is 5.58. The number of nitrogens with one attached hydrogen (secondary N) is 1. The molecule has 1 aromatic carbocycles. The van der Waals surface area contributed by atoms with Gasteiger partial charge in [-0.1, -0.05) is 77.6 Å². The second kappa shape index (κ2) is 17.8. The van der Waals surface area contributed by atoms with Crippen molar-refractivity contribution < 1.29 is 33.4 Å². The van der Waals surface area contributed by atoms with E-state index < -0.39 is 35.6 Å². The monoisotopic (exact) mass is 657 g/mol. The number of amides is 2. The fourth-order valence-electron chi connectivity index (χ4n) is 4.74. The number of carbonyl (C=O) groups is 4. The lowest BCUT2D eigenvalue weighted by Crippen LogP contribution is -2.44. The molecule has 0 spiro atoms. The number of hydrogen-bond donors (Lipinski definition) is 1. The molecule has 0 aliphatic heterocycles. The Morgan fingerprint density at radius 1 is 1.02 bits per heavy atom. The molecule has 0 saturated carbocycles. The lowest BCUT2D eigenvalue weighted by atomic mass is 9.96. The van der Waals surface area contributed by atoms with Crippen molar-refractivity contribution in [1.82, 2.24) is 15.2 Å². The number of aromatic nitrogens is 1. The number of ether oxygens (including phenoxy) is 3. The highest BCUT2D eigenvalue weighted by atomic mass is 32.1. The van der Waals surface area contributed by atoms with Gasteiger partial charge in [0.05, 0.1) is 11.8 Å². The van der Waals surface area contributed by atoms with E-state index in [4.69, 9.17) is 14.2 Å². The normalized spacial score (nSPS) is 14.2. The first-order chi connectivity index (χ1) is 21.5. The average molecular weight is 658 g/mol. The molecule has 0 bridgehead atoms. The highest BCUT2D eigenvalue weighted by molar-refractivity contribution is 7.09. The maximum absolute atomic E-state index is 13.5. The van der Waals surface area contributed by atoms with Crippen LogP contribution in [0.1, 0.15) is 95.4 Å². The van der Waals surface area contributed by atoms with Gasteiger partial charge in [0.25, 0.3) is 5.91 Å². The lowest BCUT2D eigenvalue weighted by Gasteiger charge is -2.34. The van der Waals surface area contributed by atoms with Gasteiger partial charge in [0.2, 0.25) is 0 Å². The van der Waals surface area contributed by atoms with E-state index in [0.717, 1.165) is 5.56 Å². The van der Waals surface area contributed by atoms with Gasteiger partial charge in [-0.05, 0) is 45.1 Å². The van der Waals surface area contributed by atoms with Crippen LogP contribution < -0.4 is 5.32 Å². The zero-order chi connectivity index (χ0) is 34.6. The summed E-state index contributed by atoms with van der Waals surface area (Å²) < 4.78 is 16.7. The molecule has 0 radical (unpaired) electrons. The molecule has 0 saturated heterocycles. The third kappa shape index (κ3) is 12.6. The maximum atomic E-state index is 13.5. The molecular weight excluding hydrogens is 606 g/mol. The van der Waals surface area contributed by atoms with Crippen molar-refractivity contribution >= 4 is 35.3 Å². The summed E-state index contributed by atoms with van der Waals surface area (Å²) in [6.07, 6.45) is 1.37. The second-order valence-electron chi connectivity index (χ2n) is 13.2. The molecule has 46 heavy (non-hydrogen) atoms. The van der Waals surface area contributed by atoms with Crippen molar-refractivity contribution in [3.63, 3.8) is 0 Å². The van der Waals surface area contributed by atoms with Gasteiger partial charge >= 0.3 is 18.0 Å². The Morgan fingerprint density at radius 3 is 2.24 bits per heavy atom. The van der Waals surface area contributed by atoms with Gasteiger partial charge in [0, 0.05) is 30.9 Å². The van der Waals surface area contributed by atoms with Gasteiger partial charge in [-0.3, -0.25) is 14.4 Å². The molecule has 11 heteroatoms. The van der Waals surface area contributed by atoms with Crippen LogP contribution in [0.5, 0.6) is 0 Å². The Bertz CT molecular complexity index is 1300. The van der Waals surface area contributed by atoms with E-state index in [-0.39, 0.29) is 48.6 Å². The smallest absolute Gasteiger partial charge is 0.410 e. The van der Waals surface area contributed by atoms with E-state index >= 15 is 0 Å². The summed E-state index contributed by atoms with van der Waals surface area (Å²) >= 11 is 1.22. The Morgan fingerprint density at radius 2 is 1.67 bits per heavy atom. The van der Waals surface area contributed by atoms with Crippen LogP contribution in [0, 0.1) is 17.8 Å². The highest BCUT2D eigenvalue weighted by Crippen LogP contribution is 2.31. The zero-order valence-electron chi connectivity index (χ0n) is 28.7. The number of benzene rings is 1. The third-order valence-corrected chi connectivity index (χ3v) is 8.14. The van der Waals surface area contributed by atoms with Crippen LogP contribution in [-0.4, -0.2) is 65.2 Å². The van der Waals surface area contributed by atoms with Crippen molar-refractivity contribution in [2.75, 3.05) is 13.7 Å². The van der Waals surface area contributed by atoms with Gasteiger partial charge in [0.1, 0.15) is 22.9 Å². The SMILES string of the molecule is C=CCOC(=O)[C@@H](C)C[C@H](Cc1ccccc1)NC(=O)c1csc([C@@H](C[C@H](C(C)C)N(C)C(=O)OC(C)(C)C)OC(=O)C(C)C)n1. The standard InChI is InChI=1S/C35H51N3O7S/c1-11-17-43-33(41)24(6)18-26(19-25-15-13-12-14-16-25)36-30(39)27-21-46-31(37-27)29(44-32(40)23(4)5)20-28(22(2)3)38(10)34(42)45-35(7,8)9/h11-16,21-24,26,28-29H,1,17-20H2,2-10H3,(H,36,39)/t24-,26+,28+,29+/m0/s1. The van der Waals surface area contributed by atoms with Gasteiger partial charge in [-0.25, -0.2) is 9.78 Å². The third-order valence-electron chi connectivity index (χ3n) is 7.21. The quantitative estimate of drug-likeness (QED) is 0.119. The first kappa shape index (κ1) is 38.5. The van der Waals surface area contributed by atoms with E-state index in [0.29, 0.717) is 17.8 Å². The van der Waals surface area contributed by atoms with E-state index in [1.807, 2.05) is 44.2 Å². The number of nitrogens with zero attached hydrogens (tertiary/aromatic N) is 2. The summed E-state index contributed by atoms with van der Waals surface area (Å²) in [5, 5.41) is 5.13. The van der Waals surface area contributed by atoms with Gasteiger partial charge in [-0.15, -0.1) is 11.3 Å². The number of rotatable bonds is 16. The molecule has 2 aromatic rings. The molecule has 2 amide bonds. The Labute approximate surface area is 277 Å². The van der Waals surface area contributed by atoms with Crippen molar-refractivity contribution in [3.8, 4) is 0 Å². The number of carbonyl (C=O) groups excluding carboxylic acids is 4. The lowest BCUT2D eigenvalue weighted by molar-refractivity contribution is -0.154. The summed E-state index contributed by atoms with van der Waals surface area (Å²) in [5.41, 5.74) is 0.510. The first-order valence-electron chi connectivity index (χ1n) is 15.8. The Balaban J connectivity index is 2.32. The Kier molecular flexibility index (Phi) is 14.9. The molecule has 0 unspecified atom stereocenters. The van der Waals surface area contributed by atoms with Crippen molar-refractivity contribution in [3.05, 3.63) is 64.6 Å². The van der Waals surface area contributed by atoms with Crippen molar-refractivity contribution in [1.29, 1.82) is 0 Å². The number of thiazole rings is 1. The minimum atomic E-state index is -0.793. The largest absolute Gasteiger partial charge is 0.461 e. The predicted molar refractivity (Wildman–Crippen MR) is 179 cm³/mol. The van der Waals surface area contributed by atoms with Crippen LogP contribution in [0.2, 0.25) is 0 Å². The van der Waals surface area contributed by atoms with Gasteiger partial charge in [-0.2, -0.15) is 0 Å². The number of esters is 2. The van der Waals surface area contributed by atoms with Gasteiger partial charge < -0.3 is 24.4 Å². The Hall–Kier alpha value is -3.73.